The van der Waals surface area contributed by atoms with E-state index in [0.29, 0.717) is 0 Å². The van der Waals surface area contributed by atoms with Gasteiger partial charge in [-0.1, -0.05) is 72.8 Å². The minimum absolute atomic E-state index is 0.819. The number of hydrogen-bond donors (Lipinski definition) is 0. The SMILES string of the molecule is COc1ccc2c(c1)c1cc(OC)ccc1n2-c1cc(-n2c3ccccc3c3ccccc32)cc(-n2c3ccccc3c3ccccc32)c1. The topological polar surface area (TPSA) is 33.2 Å². The van der Waals surface area contributed by atoms with Crippen molar-refractivity contribution in [2.75, 3.05) is 14.2 Å². The van der Waals surface area contributed by atoms with Gasteiger partial charge in [-0.2, -0.15) is 0 Å². The van der Waals surface area contributed by atoms with Crippen molar-refractivity contribution in [1.29, 1.82) is 0 Å². The van der Waals surface area contributed by atoms with E-state index in [4.69, 9.17) is 9.47 Å². The normalized spacial score (nSPS) is 11.9. The van der Waals surface area contributed by atoms with Gasteiger partial charge >= 0.3 is 0 Å². The van der Waals surface area contributed by atoms with E-state index in [1.165, 1.54) is 43.6 Å². The fraction of sp³-hybridized carbons (Fsp3) is 0.0455. The van der Waals surface area contributed by atoms with E-state index < -0.39 is 0 Å². The minimum Gasteiger partial charge on any atom is -0.497 e. The van der Waals surface area contributed by atoms with Gasteiger partial charge in [0.2, 0.25) is 0 Å². The summed E-state index contributed by atoms with van der Waals surface area (Å²) in [6.45, 7) is 0. The number of hydrogen-bond acceptors (Lipinski definition) is 2. The maximum atomic E-state index is 5.70. The Labute approximate surface area is 282 Å². The highest BCUT2D eigenvalue weighted by Gasteiger charge is 2.20. The third-order valence-electron chi connectivity index (χ3n) is 10.0. The van der Waals surface area contributed by atoms with E-state index in [0.717, 1.165) is 50.4 Å². The van der Waals surface area contributed by atoms with E-state index in [2.05, 4.69) is 153 Å². The van der Waals surface area contributed by atoms with Crippen LogP contribution in [0.15, 0.2) is 152 Å². The van der Waals surface area contributed by atoms with Crippen LogP contribution in [0, 0.1) is 0 Å². The molecule has 10 aromatic rings. The van der Waals surface area contributed by atoms with E-state index in [1.807, 2.05) is 12.1 Å². The third kappa shape index (κ3) is 3.99. The highest BCUT2D eigenvalue weighted by molar-refractivity contribution is 6.12. The molecule has 0 saturated heterocycles. The summed E-state index contributed by atoms with van der Waals surface area (Å²) in [6, 6.07) is 54.4. The summed E-state index contributed by atoms with van der Waals surface area (Å²) in [5.41, 5.74) is 10.1. The molecule has 0 aliphatic carbocycles. The van der Waals surface area contributed by atoms with Gasteiger partial charge in [-0.05, 0) is 78.9 Å². The molecule has 3 heterocycles. The van der Waals surface area contributed by atoms with Crippen molar-refractivity contribution in [2.24, 2.45) is 0 Å². The van der Waals surface area contributed by atoms with Gasteiger partial charge in [0, 0.05) is 32.3 Å². The first-order chi connectivity index (χ1) is 24.2. The van der Waals surface area contributed by atoms with Gasteiger partial charge in [0.1, 0.15) is 11.5 Å². The molecule has 0 saturated carbocycles. The summed E-state index contributed by atoms with van der Waals surface area (Å²) in [6.07, 6.45) is 0. The Bertz CT molecular complexity index is 2620. The van der Waals surface area contributed by atoms with Crippen molar-refractivity contribution in [3.63, 3.8) is 0 Å². The molecule has 5 heteroatoms. The molecule has 0 unspecified atom stereocenters. The molecule has 49 heavy (non-hydrogen) atoms. The zero-order valence-corrected chi connectivity index (χ0v) is 27.1. The van der Waals surface area contributed by atoms with E-state index in [1.54, 1.807) is 14.2 Å². The summed E-state index contributed by atoms with van der Waals surface area (Å²) < 4.78 is 18.6. The Morgan fingerprint density at radius 2 is 0.592 bits per heavy atom. The van der Waals surface area contributed by atoms with Gasteiger partial charge in [-0.3, -0.25) is 0 Å². The lowest BCUT2D eigenvalue weighted by atomic mass is 10.1. The summed E-state index contributed by atoms with van der Waals surface area (Å²) in [5.74, 6) is 1.64. The van der Waals surface area contributed by atoms with Crippen LogP contribution in [0.3, 0.4) is 0 Å². The number of aromatic nitrogens is 3. The maximum absolute atomic E-state index is 5.70. The Morgan fingerprint density at radius 3 is 0.898 bits per heavy atom. The van der Waals surface area contributed by atoms with Gasteiger partial charge in [0.25, 0.3) is 0 Å². The van der Waals surface area contributed by atoms with Crippen LogP contribution in [0.2, 0.25) is 0 Å². The Kier molecular flexibility index (Phi) is 5.94. The molecule has 0 fully saturated rings. The fourth-order valence-electron chi connectivity index (χ4n) is 7.88. The number of ether oxygens (including phenoxy) is 2. The molecule has 234 valence electrons. The molecule has 0 amide bonds. The Morgan fingerprint density at radius 1 is 0.306 bits per heavy atom. The number of methoxy groups -OCH3 is 2. The predicted molar refractivity (Wildman–Crippen MR) is 203 cm³/mol. The second kappa shape index (κ2) is 10.5. The van der Waals surface area contributed by atoms with Crippen LogP contribution in [-0.2, 0) is 0 Å². The third-order valence-corrected chi connectivity index (χ3v) is 10.0. The highest BCUT2D eigenvalue weighted by Crippen LogP contribution is 2.40. The number of fused-ring (bicyclic) bond motifs is 9. The lowest BCUT2D eigenvalue weighted by molar-refractivity contribution is 0.415. The summed E-state index contributed by atoms with van der Waals surface area (Å²) in [7, 11) is 3.43. The molecular formula is C44H31N3O2. The summed E-state index contributed by atoms with van der Waals surface area (Å²) in [5, 5.41) is 7.15. The highest BCUT2D eigenvalue weighted by atomic mass is 16.5. The van der Waals surface area contributed by atoms with Crippen molar-refractivity contribution in [3.05, 3.63) is 152 Å². The molecule has 5 nitrogen and oxygen atoms in total. The molecule has 3 aromatic heterocycles. The largest absolute Gasteiger partial charge is 0.497 e. The molecule has 10 rings (SSSR count). The molecule has 0 bridgehead atoms. The van der Waals surface area contributed by atoms with Crippen molar-refractivity contribution >= 4 is 65.4 Å². The molecule has 0 spiro atoms. The first-order valence-corrected chi connectivity index (χ1v) is 16.5. The average molecular weight is 634 g/mol. The van der Waals surface area contributed by atoms with Crippen molar-refractivity contribution in [2.45, 2.75) is 0 Å². The first kappa shape index (κ1) is 27.6. The van der Waals surface area contributed by atoms with E-state index >= 15 is 0 Å². The maximum Gasteiger partial charge on any atom is 0.119 e. The fourth-order valence-corrected chi connectivity index (χ4v) is 7.88. The molecule has 0 aliphatic rings. The van der Waals surface area contributed by atoms with Crippen LogP contribution in [0.5, 0.6) is 11.5 Å². The van der Waals surface area contributed by atoms with Crippen LogP contribution in [-0.4, -0.2) is 27.9 Å². The number of para-hydroxylation sites is 4. The summed E-state index contributed by atoms with van der Waals surface area (Å²) >= 11 is 0. The molecule has 0 radical (unpaired) electrons. The van der Waals surface area contributed by atoms with Crippen molar-refractivity contribution < 1.29 is 9.47 Å². The smallest absolute Gasteiger partial charge is 0.119 e. The van der Waals surface area contributed by atoms with Crippen molar-refractivity contribution in [3.8, 4) is 28.6 Å². The number of nitrogens with zero attached hydrogens (tertiary/aromatic N) is 3. The second-order valence-electron chi connectivity index (χ2n) is 12.5. The number of benzene rings is 7. The van der Waals surface area contributed by atoms with Gasteiger partial charge in [-0.15, -0.1) is 0 Å². The van der Waals surface area contributed by atoms with Crippen LogP contribution < -0.4 is 9.47 Å². The molecule has 0 atom stereocenters. The standard InChI is InChI=1S/C44H31N3O2/c1-48-31-19-21-43-37(26-31)38-27-32(49-2)20-22-44(38)47(43)30-24-28(45-39-15-7-3-11-33(39)34-12-4-8-16-40(34)45)23-29(25-30)46-41-17-9-5-13-35(41)36-14-6-10-18-42(36)46/h3-27H,1-2H3. The zero-order chi connectivity index (χ0) is 32.6. The van der Waals surface area contributed by atoms with Gasteiger partial charge in [0.15, 0.2) is 0 Å². The van der Waals surface area contributed by atoms with Crippen LogP contribution in [0.1, 0.15) is 0 Å². The van der Waals surface area contributed by atoms with Gasteiger partial charge < -0.3 is 23.2 Å². The lowest BCUT2D eigenvalue weighted by Crippen LogP contribution is -2.03. The first-order valence-electron chi connectivity index (χ1n) is 16.5. The van der Waals surface area contributed by atoms with Gasteiger partial charge in [-0.25, -0.2) is 0 Å². The van der Waals surface area contributed by atoms with Crippen LogP contribution in [0.4, 0.5) is 0 Å². The lowest BCUT2D eigenvalue weighted by Gasteiger charge is -2.17. The molecule has 0 N–H and O–H groups in total. The second-order valence-corrected chi connectivity index (χ2v) is 12.5. The van der Waals surface area contributed by atoms with Crippen LogP contribution >= 0.6 is 0 Å². The Hall–Kier alpha value is -6.46. The van der Waals surface area contributed by atoms with Crippen LogP contribution in [0.25, 0.3) is 82.5 Å². The van der Waals surface area contributed by atoms with E-state index in [-0.39, 0.29) is 0 Å². The predicted octanol–water partition coefficient (Wildman–Crippen LogP) is 11.0. The van der Waals surface area contributed by atoms with Gasteiger partial charge in [0.05, 0.1) is 64.4 Å². The minimum atomic E-state index is 0.819. The molecule has 7 aromatic carbocycles. The van der Waals surface area contributed by atoms with E-state index in [9.17, 15) is 0 Å². The number of rotatable bonds is 5. The summed E-state index contributed by atoms with van der Waals surface area (Å²) in [4.78, 5) is 0. The monoisotopic (exact) mass is 633 g/mol. The van der Waals surface area contributed by atoms with Crippen molar-refractivity contribution in [1.82, 2.24) is 13.7 Å². The average Bonchev–Trinajstić information content (AvgIpc) is 3.80. The Balaban J connectivity index is 1.37. The zero-order valence-electron chi connectivity index (χ0n) is 27.1. The quantitative estimate of drug-likeness (QED) is 0.189. The molecule has 0 aliphatic heterocycles. The molecular weight excluding hydrogens is 603 g/mol.